The Kier molecular flexibility index (Phi) is 5.24. The zero-order valence-corrected chi connectivity index (χ0v) is 13.2. The molecule has 3 N–H and O–H groups in total. The zero-order valence-electron chi connectivity index (χ0n) is 13.2. The van der Waals surface area contributed by atoms with Crippen LogP contribution in [0.1, 0.15) is 54.0 Å². The molecule has 1 heterocycles. The van der Waals surface area contributed by atoms with Crippen molar-refractivity contribution in [3.63, 3.8) is 0 Å². The fraction of sp³-hybridized carbons (Fsp3) is 0.625. The maximum Gasteiger partial charge on any atom is 0.255 e. The number of amides is 2. The van der Waals surface area contributed by atoms with Crippen LogP contribution in [0.3, 0.4) is 0 Å². The second-order valence-electron chi connectivity index (χ2n) is 6.07. The Morgan fingerprint density at radius 2 is 1.91 bits per heavy atom. The summed E-state index contributed by atoms with van der Waals surface area (Å²) in [7, 11) is 0. The molecule has 1 aromatic rings. The minimum Gasteiger partial charge on any atom is -0.466 e. The molecule has 0 radical (unpaired) electrons. The molecule has 2 rings (SSSR count). The van der Waals surface area contributed by atoms with Gasteiger partial charge in [0.15, 0.2) is 0 Å². The van der Waals surface area contributed by atoms with Crippen molar-refractivity contribution in [2.75, 3.05) is 13.1 Å². The minimum atomic E-state index is -0.795. The van der Waals surface area contributed by atoms with Crippen molar-refractivity contribution < 1.29 is 19.1 Å². The van der Waals surface area contributed by atoms with E-state index in [9.17, 15) is 14.7 Å². The number of carbonyl (C=O) groups is 2. The van der Waals surface area contributed by atoms with Crippen molar-refractivity contribution in [1.82, 2.24) is 10.6 Å². The molecule has 6 heteroatoms. The quantitative estimate of drug-likeness (QED) is 0.767. The molecule has 6 nitrogen and oxygen atoms in total. The third-order valence-electron chi connectivity index (χ3n) is 4.09. The SMILES string of the molecule is Cc1cc(C(=O)NCC(=O)NCC2(O)CCCCC2)c(C)o1. The predicted octanol–water partition coefficient (Wildman–Crippen LogP) is 1.44. The van der Waals surface area contributed by atoms with Gasteiger partial charge in [0.05, 0.1) is 17.7 Å². The lowest BCUT2D eigenvalue weighted by atomic mass is 9.85. The first-order valence-corrected chi connectivity index (χ1v) is 7.74. The lowest BCUT2D eigenvalue weighted by Gasteiger charge is -2.32. The molecule has 0 aromatic carbocycles. The highest BCUT2D eigenvalue weighted by Gasteiger charge is 2.29. The molecule has 1 saturated carbocycles. The summed E-state index contributed by atoms with van der Waals surface area (Å²) in [5.74, 6) is 0.560. The molecule has 2 amide bonds. The number of hydrogen-bond acceptors (Lipinski definition) is 4. The maximum absolute atomic E-state index is 12.0. The lowest BCUT2D eigenvalue weighted by molar-refractivity contribution is -0.121. The third-order valence-corrected chi connectivity index (χ3v) is 4.09. The Labute approximate surface area is 130 Å². The molecule has 0 unspecified atom stereocenters. The van der Waals surface area contributed by atoms with Crippen molar-refractivity contribution in [3.05, 3.63) is 23.2 Å². The first kappa shape index (κ1) is 16.5. The first-order chi connectivity index (χ1) is 10.4. The van der Waals surface area contributed by atoms with Gasteiger partial charge in [0.2, 0.25) is 5.91 Å². The molecular formula is C16H24N2O4. The van der Waals surface area contributed by atoms with Gasteiger partial charge in [-0.2, -0.15) is 0 Å². The molecule has 0 saturated heterocycles. The van der Waals surface area contributed by atoms with Gasteiger partial charge in [-0.15, -0.1) is 0 Å². The van der Waals surface area contributed by atoms with Gasteiger partial charge in [-0.05, 0) is 32.8 Å². The van der Waals surface area contributed by atoms with Crippen LogP contribution >= 0.6 is 0 Å². The number of nitrogens with one attached hydrogen (secondary N) is 2. The molecule has 1 fully saturated rings. The summed E-state index contributed by atoms with van der Waals surface area (Å²) in [4.78, 5) is 23.7. The van der Waals surface area contributed by atoms with Crippen molar-refractivity contribution in [1.29, 1.82) is 0 Å². The Balaban J connectivity index is 1.75. The molecule has 22 heavy (non-hydrogen) atoms. The normalized spacial score (nSPS) is 17.0. The molecule has 122 valence electrons. The van der Waals surface area contributed by atoms with Crippen LogP contribution in [0.25, 0.3) is 0 Å². The topological polar surface area (TPSA) is 91.6 Å². The molecule has 0 spiro atoms. The van der Waals surface area contributed by atoms with E-state index in [0.29, 0.717) is 29.9 Å². The summed E-state index contributed by atoms with van der Waals surface area (Å²) in [6.45, 7) is 3.60. The summed E-state index contributed by atoms with van der Waals surface area (Å²) in [5.41, 5.74) is -0.355. The maximum atomic E-state index is 12.0. The van der Waals surface area contributed by atoms with E-state index in [2.05, 4.69) is 10.6 Å². The number of hydrogen-bond donors (Lipinski definition) is 3. The van der Waals surface area contributed by atoms with Crippen LogP contribution in [-0.4, -0.2) is 35.6 Å². The van der Waals surface area contributed by atoms with E-state index in [-0.39, 0.29) is 24.9 Å². The van der Waals surface area contributed by atoms with E-state index >= 15 is 0 Å². The number of aryl methyl sites for hydroxylation is 2. The Hall–Kier alpha value is -1.82. The summed E-state index contributed by atoms with van der Waals surface area (Å²) in [6, 6.07) is 1.65. The van der Waals surface area contributed by atoms with Gasteiger partial charge in [-0.3, -0.25) is 9.59 Å². The fourth-order valence-electron chi connectivity index (χ4n) is 2.82. The molecule has 1 aliphatic carbocycles. The van der Waals surface area contributed by atoms with Gasteiger partial charge >= 0.3 is 0 Å². The fourth-order valence-corrected chi connectivity index (χ4v) is 2.82. The first-order valence-electron chi connectivity index (χ1n) is 7.74. The summed E-state index contributed by atoms with van der Waals surface area (Å²) in [6.07, 6.45) is 4.54. The molecule has 0 atom stereocenters. The molecule has 0 bridgehead atoms. The highest BCUT2D eigenvalue weighted by atomic mass is 16.3. The van der Waals surface area contributed by atoms with E-state index < -0.39 is 5.60 Å². The second-order valence-corrected chi connectivity index (χ2v) is 6.07. The van der Waals surface area contributed by atoms with Gasteiger partial charge in [-0.1, -0.05) is 19.3 Å². The van der Waals surface area contributed by atoms with Crippen LogP contribution in [0.5, 0.6) is 0 Å². The standard InChI is InChI=1S/C16H24N2O4/c1-11-8-13(12(2)22-11)15(20)17-9-14(19)18-10-16(21)6-4-3-5-7-16/h8,21H,3-7,9-10H2,1-2H3,(H,17,20)(H,18,19). The second kappa shape index (κ2) is 6.96. The van der Waals surface area contributed by atoms with Gasteiger partial charge in [0.1, 0.15) is 11.5 Å². The zero-order chi connectivity index (χ0) is 16.2. The highest BCUT2D eigenvalue weighted by molar-refractivity contribution is 5.97. The van der Waals surface area contributed by atoms with Crippen molar-refractivity contribution in [3.8, 4) is 0 Å². The monoisotopic (exact) mass is 308 g/mol. The lowest BCUT2D eigenvalue weighted by Crippen LogP contribution is -2.46. The molecular weight excluding hydrogens is 284 g/mol. The number of rotatable bonds is 5. The molecule has 1 aliphatic rings. The van der Waals surface area contributed by atoms with Crippen LogP contribution in [0.15, 0.2) is 10.5 Å². The largest absolute Gasteiger partial charge is 0.466 e. The molecule has 1 aromatic heterocycles. The van der Waals surface area contributed by atoms with Crippen molar-refractivity contribution >= 4 is 11.8 Å². The van der Waals surface area contributed by atoms with Gasteiger partial charge in [0.25, 0.3) is 5.91 Å². The molecule has 0 aliphatic heterocycles. The van der Waals surface area contributed by atoms with Crippen LogP contribution in [0.4, 0.5) is 0 Å². The average Bonchev–Trinajstić information content (AvgIpc) is 2.82. The Morgan fingerprint density at radius 1 is 1.23 bits per heavy atom. The smallest absolute Gasteiger partial charge is 0.255 e. The number of aliphatic hydroxyl groups is 1. The third kappa shape index (κ3) is 4.34. The predicted molar refractivity (Wildman–Crippen MR) is 81.6 cm³/mol. The van der Waals surface area contributed by atoms with E-state index in [1.807, 2.05) is 0 Å². The van der Waals surface area contributed by atoms with E-state index in [0.717, 1.165) is 19.3 Å². The van der Waals surface area contributed by atoms with Crippen molar-refractivity contribution in [2.24, 2.45) is 0 Å². The van der Waals surface area contributed by atoms with E-state index in [4.69, 9.17) is 4.42 Å². The minimum absolute atomic E-state index is 0.113. The summed E-state index contributed by atoms with van der Waals surface area (Å²) >= 11 is 0. The average molecular weight is 308 g/mol. The van der Waals surface area contributed by atoms with Gasteiger partial charge in [-0.25, -0.2) is 0 Å². The number of furan rings is 1. The van der Waals surface area contributed by atoms with Crippen LogP contribution < -0.4 is 10.6 Å². The van der Waals surface area contributed by atoms with Crippen molar-refractivity contribution in [2.45, 2.75) is 51.6 Å². The van der Waals surface area contributed by atoms with Crippen LogP contribution in [-0.2, 0) is 4.79 Å². The van der Waals surface area contributed by atoms with Gasteiger partial charge < -0.3 is 20.2 Å². The Bertz CT molecular complexity index is 544. The van der Waals surface area contributed by atoms with E-state index in [1.165, 1.54) is 0 Å². The van der Waals surface area contributed by atoms with Crippen LogP contribution in [0, 0.1) is 13.8 Å². The number of carbonyl (C=O) groups excluding carboxylic acids is 2. The van der Waals surface area contributed by atoms with E-state index in [1.54, 1.807) is 19.9 Å². The van der Waals surface area contributed by atoms with Crippen LogP contribution in [0.2, 0.25) is 0 Å². The summed E-state index contributed by atoms with van der Waals surface area (Å²) < 4.78 is 5.29. The Morgan fingerprint density at radius 3 is 2.50 bits per heavy atom. The highest BCUT2D eigenvalue weighted by Crippen LogP contribution is 2.27. The summed E-state index contributed by atoms with van der Waals surface area (Å²) in [5, 5.41) is 15.6. The van der Waals surface area contributed by atoms with Gasteiger partial charge in [0, 0.05) is 6.54 Å².